The van der Waals surface area contributed by atoms with E-state index >= 15 is 0 Å². The third kappa shape index (κ3) is 6.44. The van der Waals surface area contributed by atoms with Crippen molar-refractivity contribution in [1.29, 1.82) is 0 Å². The normalized spacial score (nSPS) is 12.6. The van der Waals surface area contributed by atoms with E-state index in [-0.39, 0.29) is 0 Å². The number of pyridine rings is 1. The molecule has 0 fully saturated rings. The van der Waals surface area contributed by atoms with Crippen LogP contribution in [0, 0.1) is 0 Å². The molecule has 0 aliphatic heterocycles. The molecule has 102 valence electrons. The highest BCUT2D eigenvalue weighted by atomic mass is 79.9. The molecule has 0 aliphatic rings. The van der Waals surface area contributed by atoms with Gasteiger partial charge in [-0.15, -0.1) is 0 Å². The molecule has 1 aromatic heterocycles. The van der Waals surface area contributed by atoms with Crippen LogP contribution in [0.15, 0.2) is 22.8 Å². The number of halogens is 1. The maximum Gasteiger partial charge on any atom is 0.0700 e. The number of likely N-dealkylation sites (N-methyl/N-ethyl adjacent to an activating group) is 1. The molecule has 0 aromatic carbocycles. The van der Waals surface area contributed by atoms with Crippen LogP contribution >= 0.6 is 15.9 Å². The van der Waals surface area contributed by atoms with Gasteiger partial charge in [-0.05, 0) is 41.5 Å². The second kappa shape index (κ2) is 9.44. The van der Waals surface area contributed by atoms with E-state index in [4.69, 9.17) is 9.47 Å². The first-order chi connectivity index (χ1) is 8.76. The molecule has 1 rings (SSSR count). The Hall–Kier alpha value is -0.490. The topological polar surface area (TPSA) is 43.4 Å². The number of nitrogens with zero attached hydrogens (tertiary/aromatic N) is 1. The smallest absolute Gasteiger partial charge is 0.0700 e. The molecule has 5 heteroatoms. The summed E-state index contributed by atoms with van der Waals surface area (Å²) >= 11 is 3.38. The summed E-state index contributed by atoms with van der Waals surface area (Å²) in [6.45, 7) is 2.05. The van der Waals surface area contributed by atoms with E-state index in [1.807, 2.05) is 25.4 Å². The van der Waals surface area contributed by atoms with E-state index in [2.05, 4.69) is 26.2 Å². The van der Waals surface area contributed by atoms with Crippen LogP contribution in [0.2, 0.25) is 0 Å². The summed E-state index contributed by atoms with van der Waals surface area (Å²) in [7, 11) is 3.65. The molecule has 0 spiro atoms. The van der Waals surface area contributed by atoms with Gasteiger partial charge in [0.25, 0.3) is 0 Å². The maximum absolute atomic E-state index is 5.47. The second-order valence-corrected chi connectivity index (χ2v) is 4.97. The van der Waals surface area contributed by atoms with Crippen molar-refractivity contribution < 1.29 is 9.47 Å². The van der Waals surface area contributed by atoms with Gasteiger partial charge in [0, 0.05) is 42.5 Å². The molecule has 0 amide bonds. The Morgan fingerprint density at radius 2 is 2.17 bits per heavy atom. The fraction of sp³-hybridized carbons (Fsp3) is 0.615. The van der Waals surface area contributed by atoms with Gasteiger partial charge in [0.15, 0.2) is 0 Å². The minimum absolute atomic E-state index is 0.390. The largest absolute Gasteiger partial charge is 0.382 e. The lowest BCUT2D eigenvalue weighted by atomic mass is 10.1. The van der Waals surface area contributed by atoms with Crippen molar-refractivity contribution in [2.75, 3.05) is 34.0 Å². The van der Waals surface area contributed by atoms with E-state index in [9.17, 15) is 0 Å². The number of hydrogen-bond donors (Lipinski definition) is 1. The molecule has 0 saturated carbocycles. The van der Waals surface area contributed by atoms with Crippen LogP contribution < -0.4 is 5.32 Å². The highest BCUT2D eigenvalue weighted by Crippen LogP contribution is 2.09. The molecule has 1 N–H and O–H groups in total. The van der Waals surface area contributed by atoms with Crippen LogP contribution in [-0.2, 0) is 15.9 Å². The number of rotatable bonds is 9. The number of methoxy groups -OCH3 is 1. The van der Waals surface area contributed by atoms with E-state index in [0.29, 0.717) is 19.3 Å². The minimum atomic E-state index is 0.390. The van der Waals surface area contributed by atoms with Gasteiger partial charge in [0.2, 0.25) is 0 Å². The molecular formula is C13H21BrN2O2. The zero-order chi connectivity index (χ0) is 13.2. The van der Waals surface area contributed by atoms with Crippen LogP contribution in [0.25, 0.3) is 0 Å². The zero-order valence-corrected chi connectivity index (χ0v) is 12.6. The number of ether oxygens (including phenoxy) is 2. The monoisotopic (exact) mass is 316 g/mol. The Labute approximate surface area is 117 Å². The molecule has 0 bridgehead atoms. The number of aromatic nitrogens is 1. The Morgan fingerprint density at radius 1 is 1.33 bits per heavy atom. The molecule has 0 radical (unpaired) electrons. The lowest BCUT2D eigenvalue weighted by Crippen LogP contribution is -2.29. The van der Waals surface area contributed by atoms with Crippen LogP contribution in [0.3, 0.4) is 0 Å². The van der Waals surface area contributed by atoms with Gasteiger partial charge in [-0.2, -0.15) is 0 Å². The van der Waals surface area contributed by atoms with Crippen molar-refractivity contribution in [2.45, 2.75) is 18.9 Å². The van der Waals surface area contributed by atoms with E-state index < -0.39 is 0 Å². The molecule has 1 unspecified atom stereocenters. The molecule has 18 heavy (non-hydrogen) atoms. The standard InChI is InChI=1S/C13H21BrN2O2/c1-15-12(5-6-18-8-7-17-2)9-13-4-3-11(14)10-16-13/h3-4,10,12,15H,5-9H2,1-2H3. The van der Waals surface area contributed by atoms with Crippen molar-refractivity contribution in [3.05, 3.63) is 28.5 Å². The summed E-state index contributed by atoms with van der Waals surface area (Å²) in [5.41, 5.74) is 1.09. The summed E-state index contributed by atoms with van der Waals surface area (Å²) in [4.78, 5) is 4.38. The van der Waals surface area contributed by atoms with Crippen molar-refractivity contribution in [2.24, 2.45) is 0 Å². The van der Waals surface area contributed by atoms with Crippen LogP contribution in [0.5, 0.6) is 0 Å². The predicted molar refractivity (Wildman–Crippen MR) is 75.8 cm³/mol. The lowest BCUT2D eigenvalue weighted by Gasteiger charge is -2.15. The maximum atomic E-state index is 5.47. The van der Waals surface area contributed by atoms with Gasteiger partial charge in [0.05, 0.1) is 13.2 Å². The molecular weight excluding hydrogens is 296 g/mol. The van der Waals surface area contributed by atoms with Gasteiger partial charge >= 0.3 is 0 Å². The average molecular weight is 317 g/mol. The first-order valence-corrected chi connectivity index (χ1v) is 6.90. The highest BCUT2D eigenvalue weighted by Gasteiger charge is 2.08. The Kier molecular flexibility index (Phi) is 8.17. The van der Waals surface area contributed by atoms with Crippen molar-refractivity contribution >= 4 is 15.9 Å². The van der Waals surface area contributed by atoms with Gasteiger partial charge in [-0.25, -0.2) is 0 Å². The molecule has 1 atom stereocenters. The summed E-state index contributed by atoms with van der Waals surface area (Å²) in [6, 6.07) is 4.45. The number of hydrogen-bond acceptors (Lipinski definition) is 4. The second-order valence-electron chi connectivity index (χ2n) is 4.05. The Morgan fingerprint density at radius 3 is 2.78 bits per heavy atom. The van der Waals surface area contributed by atoms with Gasteiger partial charge < -0.3 is 14.8 Å². The average Bonchev–Trinajstić information content (AvgIpc) is 2.39. The summed E-state index contributed by atoms with van der Waals surface area (Å²) < 4.78 is 11.4. The van der Waals surface area contributed by atoms with Crippen LogP contribution in [-0.4, -0.2) is 45.0 Å². The molecule has 1 heterocycles. The van der Waals surface area contributed by atoms with Crippen LogP contribution in [0.4, 0.5) is 0 Å². The van der Waals surface area contributed by atoms with Gasteiger partial charge in [-0.1, -0.05) is 0 Å². The van der Waals surface area contributed by atoms with E-state index in [1.165, 1.54) is 0 Å². The SMILES string of the molecule is CNC(CCOCCOC)Cc1ccc(Br)cn1. The summed E-state index contributed by atoms with van der Waals surface area (Å²) in [5.74, 6) is 0. The van der Waals surface area contributed by atoms with E-state index in [0.717, 1.165) is 29.6 Å². The first-order valence-electron chi connectivity index (χ1n) is 6.10. The molecule has 0 saturated heterocycles. The number of nitrogens with one attached hydrogen (secondary N) is 1. The Bertz CT molecular complexity index is 319. The van der Waals surface area contributed by atoms with E-state index in [1.54, 1.807) is 7.11 Å². The Balaban J connectivity index is 2.26. The fourth-order valence-corrected chi connectivity index (χ4v) is 1.83. The quantitative estimate of drug-likeness (QED) is 0.708. The predicted octanol–water partition coefficient (Wildman–Crippen LogP) is 2.03. The first kappa shape index (κ1) is 15.6. The summed E-state index contributed by atoms with van der Waals surface area (Å²) in [6.07, 6.45) is 3.71. The summed E-state index contributed by atoms with van der Waals surface area (Å²) in [5, 5.41) is 3.29. The molecule has 1 aromatic rings. The molecule has 0 aliphatic carbocycles. The van der Waals surface area contributed by atoms with Crippen molar-refractivity contribution in [3.63, 3.8) is 0 Å². The third-order valence-electron chi connectivity index (χ3n) is 2.69. The minimum Gasteiger partial charge on any atom is -0.382 e. The highest BCUT2D eigenvalue weighted by molar-refractivity contribution is 9.10. The van der Waals surface area contributed by atoms with Gasteiger partial charge in [0.1, 0.15) is 0 Å². The zero-order valence-electron chi connectivity index (χ0n) is 11.0. The van der Waals surface area contributed by atoms with Crippen molar-refractivity contribution in [3.8, 4) is 0 Å². The van der Waals surface area contributed by atoms with Gasteiger partial charge in [-0.3, -0.25) is 4.98 Å². The van der Waals surface area contributed by atoms with Crippen LogP contribution in [0.1, 0.15) is 12.1 Å². The molecule has 4 nitrogen and oxygen atoms in total. The van der Waals surface area contributed by atoms with Crippen molar-refractivity contribution in [1.82, 2.24) is 10.3 Å². The third-order valence-corrected chi connectivity index (χ3v) is 3.16. The lowest BCUT2D eigenvalue weighted by molar-refractivity contribution is 0.0661. The fourth-order valence-electron chi connectivity index (χ4n) is 1.60.